The number of carbonyl (C=O) groups excluding carboxylic acids is 2. The molecule has 2 amide bonds. The zero-order chi connectivity index (χ0) is 20.5. The SMILES string of the molecule is CCOC(=O)/C=C/c1ccc(NC(=O)NCC(C)N2CC(C)OC(C)C2)cc1. The first-order chi connectivity index (χ1) is 13.4. The van der Waals surface area contributed by atoms with E-state index >= 15 is 0 Å². The maximum atomic E-state index is 12.2. The zero-order valence-corrected chi connectivity index (χ0v) is 17.1. The summed E-state index contributed by atoms with van der Waals surface area (Å²) < 4.78 is 10.6. The highest BCUT2D eigenvalue weighted by atomic mass is 16.5. The Morgan fingerprint density at radius 2 is 1.89 bits per heavy atom. The lowest BCUT2D eigenvalue weighted by molar-refractivity contribution is -0.137. The van der Waals surface area contributed by atoms with Crippen molar-refractivity contribution < 1.29 is 19.1 Å². The summed E-state index contributed by atoms with van der Waals surface area (Å²) in [5.74, 6) is -0.373. The molecule has 2 N–H and O–H groups in total. The minimum absolute atomic E-state index is 0.205. The Kier molecular flexibility index (Phi) is 8.47. The lowest BCUT2D eigenvalue weighted by Gasteiger charge is -2.38. The van der Waals surface area contributed by atoms with E-state index in [1.807, 2.05) is 12.1 Å². The van der Waals surface area contributed by atoms with Crippen molar-refractivity contribution >= 4 is 23.8 Å². The quantitative estimate of drug-likeness (QED) is 0.554. The van der Waals surface area contributed by atoms with E-state index in [2.05, 4.69) is 36.3 Å². The van der Waals surface area contributed by atoms with Crippen molar-refractivity contribution in [1.29, 1.82) is 0 Å². The summed E-state index contributed by atoms with van der Waals surface area (Å²) in [7, 11) is 0. The maximum Gasteiger partial charge on any atom is 0.330 e. The zero-order valence-electron chi connectivity index (χ0n) is 17.1. The predicted molar refractivity (Wildman–Crippen MR) is 110 cm³/mol. The molecule has 1 aromatic rings. The first-order valence-electron chi connectivity index (χ1n) is 9.76. The summed E-state index contributed by atoms with van der Waals surface area (Å²) >= 11 is 0. The number of urea groups is 1. The molecule has 0 aromatic heterocycles. The van der Waals surface area contributed by atoms with Crippen molar-refractivity contribution in [2.45, 2.75) is 45.9 Å². The Morgan fingerprint density at radius 1 is 1.25 bits per heavy atom. The van der Waals surface area contributed by atoms with Gasteiger partial charge in [0.15, 0.2) is 0 Å². The molecule has 28 heavy (non-hydrogen) atoms. The van der Waals surface area contributed by atoms with Crippen LogP contribution in [0.4, 0.5) is 10.5 Å². The molecule has 1 fully saturated rings. The Balaban J connectivity index is 1.77. The monoisotopic (exact) mass is 389 g/mol. The van der Waals surface area contributed by atoms with Gasteiger partial charge in [-0.05, 0) is 51.5 Å². The molecule has 1 aliphatic rings. The van der Waals surface area contributed by atoms with Gasteiger partial charge in [-0.15, -0.1) is 0 Å². The van der Waals surface area contributed by atoms with Crippen molar-refractivity contribution in [3.63, 3.8) is 0 Å². The predicted octanol–water partition coefficient (Wildman–Crippen LogP) is 2.88. The van der Waals surface area contributed by atoms with Gasteiger partial charge in [-0.3, -0.25) is 4.90 Å². The van der Waals surface area contributed by atoms with Crippen LogP contribution in [0.3, 0.4) is 0 Å². The van der Waals surface area contributed by atoms with Crippen LogP contribution in [0, 0.1) is 0 Å². The van der Waals surface area contributed by atoms with Gasteiger partial charge in [0.05, 0.1) is 18.8 Å². The molecule has 0 aliphatic carbocycles. The standard InChI is InChI=1S/C21H31N3O4/c1-5-27-20(25)11-8-18-6-9-19(10-7-18)23-21(26)22-12-15(2)24-13-16(3)28-17(4)14-24/h6-11,15-17H,5,12-14H2,1-4H3,(H2,22,23,26)/b11-8+. The van der Waals surface area contributed by atoms with Gasteiger partial charge >= 0.3 is 12.0 Å². The largest absolute Gasteiger partial charge is 0.463 e. The van der Waals surface area contributed by atoms with Gasteiger partial charge < -0.3 is 20.1 Å². The average Bonchev–Trinajstić information content (AvgIpc) is 2.65. The van der Waals surface area contributed by atoms with Crippen LogP contribution in [0.25, 0.3) is 6.08 Å². The number of anilines is 1. The van der Waals surface area contributed by atoms with Crippen LogP contribution < -0.4 is 10.6 Å². The summed E-state index contributed by atoms with van der Waals surface area (Å²) in [5, 5.41) is 5.74. The highest BCUT2D eigenvalue weighted by Gasteiger charge is 2.25. The van der Waals surface area contributed by atoms with Crippen LogP contribution in [0.15, 0.2) is 30.3 Å². The maximum absolute atomic E-state index is 12.2. The normalized spacial score (nSPS) is 21.3. The molecule has 0 radical (unpaired) electrons. The fourth-order valence-electron chi connectivity index (χ4n) is 3.15. The number of carbonyl (C=O) groups is 2. The molecule has 154 valence electrons. The number of nitrogens with zero attached hydrogens (tertiary/aromatic N) is 1. The van der Waals surface area contributed by atoms with E-state index in [1.165, 1.54) is 6.08 Å². The number of esters is 1. The van der Waals surface area contributed by atoms with E-state index in [0.717, 1.165) is 18.7 Å². The molecule has 3 unspecified atom stereocenters. The Morgan fingerprint density at radius 3 is 2.50 bits per heavy atom. The lowest BCUT2D eigenvalue weighted by Crippen LogP contribution is -2.52. The van der Waals surface area contributed by atoms with Gasteiger partial charge in [0.25, 0.3) is 0 Å². The first-order valence-corrected chi connectivity index (χ1v) is 9.76. The van der Waals surface area contributed by atoms with E-state index in [0.29, 0.717) is 18.8 Å². The highest BCUT2D eigenvalue weighted by Crippen LogP contribution is 2.14. The van der Waals surface area contributed by atoms with Crippen LogP contribution in [0.5, 0.6) is 0 Å². The second kappa shape index (κ2) is 10.8. The number of hydrogen-bond donors (Lipinski definition) is 2. The molecular weight excluding hydrogens is 358 g/mol. The second-order valence-electron chi connectivity index (χ2n) is 7.10. The summed E-state index contributed by atoms with van der Waals surface area (Å²) in [6.45, 7) is 10.7. The minimum Gasteiger partial charge on any atom is -0.463 e. The molecule has 2 rings (SSSR count). The molecule has 1 saturated heterocycles. The smallest absolute Gasteiger partial charge is 0.330 e. The number of morpholine rings is 1. The number of hydrogen-bond acceptors (Lipinski definition) is 5. The van der Waals surface area contributed by atoms with E-state index in [1.54, 1.807) is 25.1 Å². The molecule has 3 atom stereocenters. The van der Waals surface area contributed by atoms with E-state index in [-0.39, 0.29) is 30.3 Å². The summed E-state index contributed by atoms with van der Waals surface area (Å²) in [6, 6.07) is 7.22. The van der Waals surface area contributed by atoms with Gasteiger partial charge in [0.2, 0.25) is 0 Å². The first kappa shape index (κ1) is 21.9. The fourth-order valence-corrected chi connectivity index (χ4v) is 3.15. The minimum atomic E-state index is -0.373. The van der Waals surface area contributed by atoms with Crippen LogP contribution in [0.1, 0.15) is 33.3 Å². The van der Waals surface area contributed by atoms with Crippen LogP contribution in [0.2, 0.25) is 0 Å². The molecule has 0 bridgehead atoms. The lowest BCUT2D eigenvalue weighted by atomic mass is 10.2. The fraction of sp³-hybridized carbons (Fsp3) is 0.524. The Bertz CT molecular complexity index is 665. The molecule has 7 heteroatoms. The second-order valence-corrected chi connectivity index (χ2v) is 7.10. The number of benzene rings is 1. The Labute approximate surface area is 167 Å². The van der Waals surface area contributed by atoms with Gasteiger partial charge in [0.1, 0.15) is 0 Å². The van der Waals surface area contributed by atoms with Gasteiger partial charge in [-0.25, -0.2) is 9.59 Å². The molecular formula is C21H31N3O4. The summed E-state index contributed by atoms with van der Waals surface area (Å²) in [4.78, 5) is 25.8. The van der Waals surface area contributed by atoms with Crippen LogP contribution in [-0.4, -0.2) is 61.4 Å². The summed E-state index contributed by atoms with van der Waals surface area (Å²) in [5.41, 5.74) is 1.54. The molecule has 7 nitrogen and oxygen atoms in total. The van der Waals surface area contributed by atoms with Crippen molar-refractivity contribution in [3.8, 4) is 0 Å². The Hall–Kier alpha value is -2.38. The molecule has 1 aliphatic heterocycles. The summed E-state index contributed by atoms with van der Waals surface area (Å²) in [6.07, 6.45) is 3.47. The highest BCUT2D eigenvalue weighted by molar-refractivity contribution is 5.90. The third-order valence-corrected chi connectivity index (χ3v) is 4.50. The van der Waals surface area contributed by atoms with Gasteiger partial charge in [-0.1, -0.05) is 12.1 Å². The average molecular weight is 389 g/mol. The van der Waals surface area contributed by atoms with Gasteiger partial charge in [-0.2, -0.15) is 0 Å². The molecule has 0 saturated carbocycles. The third kappa shape index (κ3) is 7.32. The third-order valence-electron chi connectivity index (χ3n) is 4.50. The van der Waals surface area contributed by atoms with Crippen LogP contribution >= 0.6 is 0 Å². The number of ether oxygens (including phenoxy) is 2. The number of nitrogens with one attached hydrogen (secondary N) is 2. The molecule has 1 heterocycles. The number of amides is 2. The van der Waals surface area contributed by atoms with Crippen molar-refractivity contribution in [2.24, 2.45) is 0 Å². The van der Waals surface area contributed by atoms with Crippen molar-refractivity contribution in [3.05, 3.63) is 35.9 Å². The van der Waals surface area contributed by atoms with Crippen molar-refractivity contribution in [1.82, 2.24) is 10.2 Å². The molecule has 1 aromatic carbocycles. The van der Waals surface area contributed by atoms with Crippen LogP contribution in [-0.2, 0) is 14.3 Å². The topological polar surface area (TPSA) is 79.9 Å². The van der Waals surface area contributed by atoms with Crippen molar-refractivity contribution in [2.75, 3.05) is 31.6 Å². The molecule has 0 spiro atoms. The van der Waals surface area contributed by atoms with E-state index < -0.39 is 0 Å². The van der Waals surface area contributed by atoms with Gasteiger partial charge in [0, 0.05) is 37.4 Å². The number of rotatable bonds is 7. The van der Waals surface area contributed by atoms with E-state index in [4.69, 9.17) is 9.47 Å². The van der Waals surface area contributed by atoms with E-state index in [9.17, 15) is 9.59 Å².